The van der Waals surface area contributed by atoms with Gasteiger partial charge in [0.2, 0.25) is 0 Å². The van der Waals surface area contributed by atoms with Crippen molar-refractivity contribution < 1.29 is 9.53 Å². The topological polar surface area (TPSA) is 38.3 Å². The summed E-state index contributed by atoms with van der Waals surface area (Å²) in [6.07, 6.45) is 3.92. The Morgan fingerprint density at radius 2 is 2.46 bits per heavy atom. The lowest BCUT2D eigenvalue weighted by atomic mass is 9.69. The van der Waals surface area contributed by atoms with Crippen molar-refractivity contribution in [2.75, 3.05) is 13.7 Å². The van der Waals surface area contributed by atoms with E-state index in [0.29, 0.717) is 5.41 Å². The molecule has 3 rings (SSSR count). The van der Waals surface area contributed by atoms with Gasteiger partial charge in [-0.1, -0.05) is 0 Å². The SMILES string of the molecule is COC(=O)[C@@H]1NC[C@]12CC[C@H]1C[C@@H]12. The van der Waals surface area contributed by atoms with E-state index in [-0.39, 0.29) is 12.0 Å². The third-order valence-corrected chi connectivity index (χ3v) is 4.29. The monoisotopic (exact) mass is 181 g/mol. The molecular weight excluding hydrogens is 166 g/mol. The number of carbonyl (C=O) groups is 1. The lowest BCUT2D eigenvalue weighted by Crippen LogP contribution is -2.66. The molecule has 0 aromatic rings. The van der Waals surface area contributed by atoms with Crippen LogP contribution in [0.3, 0.4) is 0 Å². The van der Waals surface area contributed by atoms with Crippen LogP contribution in [0.15, 0.2) is 0 Å². The Labute approximate surface area is 77.8 Å². The zero-order valence-corrected chi connectivity index (χ0v) is 7.88. The van der Waals surface area contributed by atoms with E-state index in [9.17, 15) is 4.79 Å². The summed E-state index contributed by atoms with van der Waals surface area (Å²) in [4.78, 5) is 11.4. The number of hydrogen-bond acceptors (Lipinski definition) is 3. The van der Waals surface area contributed by atoms with Crippen molar-refractivity contribution in [1.82, 2.24) is 5.32 Å². The van der Waals surface area contributed by atoms with E-state index in [0.717, 1.165) is 18.4 Å². The summed E-state index contributed by atoms with van der Waals surface area (Å²) >= 11 is 0. The molecule has 3 nitrogen and oxygen atoms in total. The minimum atomic E-state index is -0.0567. The van der Waals surface area contributed by atoms with Crippen LogP contribution >= 0.6 is 0 Å². The molecule has 4 atom stereocenters. The Kier molecular flexibility index (Phi) is 1.36. The molecule has 13 heavy (non-hydrogen) atoms. The minimum Gasteiger partial charge on any atom is -0.468 e. The molecule has 1 N–H and O–H groups in total. The molecular formula is C10H15NO2. The molecule has 0 radical (unpaired) electrons. The molecule has 0 aromatic heterocycles. The third kappa shape index (κ3) is 0.810. The van der Waals surface area contributed by atoms with Crippen molar-refractivity contribution in [3.63, 3.8) is 0 Å². The van der Waals surface area contributed by atoms with Gasteiger partial charge in [0.25, 0.3) is 0 Å². The van der Waals surface area contributed by atoms with E-state index in [2.05, 4.69) is 5.32 Å². The van der Waals surface area contributed by atoms with Crippen LogP contribution in [-0.4, -0.2) is 25.7 Å². The first-order valence-corrected chi connectivity index (χ1v) is 5.09. The lowest BCUT2D eigenvalue weighted by Gasteiger charge is -2.47. The van der Waals surface area contributed by atoms with Gasteiger partial charge in [-0.3, -0.25) is 4.79 Å². The average molecular weight is 181 g/mol. The fourth-order valence-electron chi connectivity index (χ4n) is 3.39. The maximum absolute atomic E-state index is 11.4. The Morgan fingerprint density at radius 3 is 2.85 bits per heavy atom. The fraction of sp³-hybridized carbons (Fsp3) is 0.900. The van der Waals surface area contributed by atoms with Gasteiger partial charge in [-0.25, -0.2) is 0 Å². The number of methoxy groups -OCH3 is 1. The molecule has 0 amide bonds. The molecule has 2 saturated carbocycles. The predicted molar refractivity (Wildman–Crippen MR) is 47.1 cm³/mol. The van der Waals surface area contributed by atoms with E-state index < -0.39 is 0 Å². The van der Waals surface area contributed by atoms with Crippen molar-refractivity contribution in [2.24, 2.45) is 17.3 Å². The van der Waals surface area contributed by atoms with Crippen LogP contribution in [0, 0.1) is 17.3 Å². The molecule has 0 bridgehead atoms. The summed E-state index contributed by atoms with van der Waals surface area (Å²) in [6, 6.07) is 0.00926. The van der Waals surface area contributed by atoms with Crippen LogP contribution in [0.1, 0.15) is 19.3 Å². The maximum atomic E-state index is 11.4. The zero-order chi connectivity index (χ0) is 9.05. The summed E-state index contributed by atoms with van der Waals surface area (Å²) in [7, 11) is 1.48. The van der Waals surface area contributed by atoms with Gasteiger partial charge in [-0.2, -0.15) is 0 Å². The molecule has 1 spiro atoms. The number of carbonyl (C=O) groups excluding carboxylic acids is 1. The zero-order valence-electron chi connectivity index (χ0n) is 7.88. The highest BCUT2D eigenvalue weighted by atomic mass is 16.5. The Morgan fingerprint density at radius 1 is 1.62 bits per heavy atom. The quantitative estimate of drug-likeness (QED) is 0.600. The number of esters is 1. The molecule has 2 aliphatic carbocycles. The number of nitrogens with one attached hydrogen (secondary N) is 1. The van der Waals surface area contributed by atoms with Gasteiger partial charge >= 0.3 is 5.97 Å². The van der Waals surface area contributed by atoms with Gasteiger partial charge in [0.15, 0.2) is 0 Å². The van der Waals surface area contributed by atoms with Gasteiger partial charge in [-0.15, -0.1) is 0 Å². The highest BCUT2D eigenvalue weighted by molar-refractivity contribution is 5.78. The normalized spacial score (nSPS) is 51.3. The Bertz CT molecular complexity index is 266. The van der Waals surface area contributed by atoms with Gasteiger partial charge < -0.3 is 10.1 Å². The first kappa shape index (κ1) is 7.80. The van der Waals surface area contributed by atoms with E-state index >= 15 is 0 Å². The highest BCUT2D eigenvalue weighted by Crippen LogP contribution is 2.65. The van der Waals surface area contributed by atoms with Crippen LogP contribution in [0.5, 0.6) is 0 Å². The van der Waals surface area contributed by atoms with Crippen LogP contribution in [0.2, 0.25) is 0 Å². The minimum absolute atomic E-state index is 0.00926. The average Bonchev–Trinajstić information content (AvgIpc) is 2.78. The molecule has 1 heterocycles. The van der Waals surface area contributed by atoms with Crippen LogP contribution in [0.25, 0.3) is 0 Å². The van der Waals surface area contributed by atoms with E-state index in [4.69, 9.17) is 4.74 Å². The van der Waals surface area contributed by atoms with Crippen LogP contribution in [0.4, 0.5) is 0 Å². The van der Waals surface area contributed by atoms with Gasteiger partial charge in [-0.05, 0) is 31.1 Å². The van der Waals surface area contributed by atoms with Crippen molar-refractivity contribution in [2.45, 2.75) is 25.3 Å². The molecule has 0 aromatic carbocycles. The fourth-order valence-corrected chi connectivity index (χ4v) is 3.39. The standard InChI is InChI=1S/C10H15NO2/c1-13-9(12)8-10(5-11-8)3-2-6-4-7(6)10/h6-8,11H,2-5H2,1H3/t6-,7-,8-,10-/m0/s1. The van der Waals surface area contributed by atoms with Crippen LogP contribution in [-0.2, 0) is 9.53 Å². The molecule has 3 fully saturated rings. The third-order valence-electron chi connectivity index (χ3n) is 4.29. The number of hydrogen-bond donors (Lipinski definition) is 1. The number of fused-ring (bicyclic) bond motifs is 2. The lowest BCUT2D eigenvalue weighted by molar-refractivity contribution is -0.152. The van der Waals surface area contributed by atoms with E-state index in [1.807, 2.05) is 0 Å². The molecule has 1 aliphatic heterocycles. The largest absolute Gasteiger partial charge is 0.468 e. The van der Waals surface area contributed by atoms with Crippen molar-refractivity contribution in [3.05, 3.63) is 0 Å². The van der Waals surface area contributed by atoms with Crippen molar-refractivity contribution in [1.29, 1.82) is 0 Å². The maximum Gasteiger partial charge on any atom is 0.323 e. The molecule has 1 saturated heterocycles. The van der Waals surface area contributed by atoms with Gasteiger partial charge in [0.1, 0.15) is 6.04 Å². The van der Waals surface area contributed by atoms with Crippen LogP contribution < -0.4 is 5.32 Å². The Hall–Kier alpha value is -0.570. The highest BCUT2D eigenvalue weighted by Gasteiger charge is 2.66. The number of ether oxygens (including phenoxy) is 1. The summed E-state index contributed by atoms with van der Waals surface area (Å²) < 4.78 is 4.81. The second-order valence-corrected chi connectivity index (χ2v) is 4.71. The van der Waals surface area contributed by atoms with Gasteiger partial charge in [0.05, 0.1) is 7.11 Å². The first-order valence-electron chi connectivity index (χ1n) is 5.09. The van der Waals surface area contributed by atoms with Gasteiger partial charge in [0, 0.05) is 12.0 Å². The smallest absolute Gasteiger partial charge is 0.323 e. The summed E-state index contributed by atoms with van der Waals surface area (Å²) in [5.41, 5.74) is 0.303. The van der Waals surface area contributed by atoms with Crippen molar-refractivity contribution >= 4 is 5.97 Å². The molecule has 3 heteroatoms. The summed E-state index contributed by atoms with van der Waals surface area (Å²) in [5.74, 6) is 1.71. The second kappa shape index (κ2) is 2.27. The number of rotatable bonds is 1. The second-order valence-electron chi connectivity index (χ2n) is 4.71. The molecule has 3 aliphatic rings. The van der Waals surface area contributed by atoms with Crippen molar-refractivity contribution in [3.8, 4) is 0 Å². The predicted octanol–water partition coefficient (Wildman–Crippen LogP) is 0.547. The molecule has 0 unspecified atom stereocenters. The summed E-state index contributed by atoms with van der Waals surface area (Å²) in [6.45, 7) is 1.04. The first-order chi connectivity index (χ1) is 6.28. The van der Waals surface area contributed by atoms with E-state index in [1.54, 1.807) is 0 Å². The Balaban J connectivity index is 1.81. The summed E-state index contributed by atoms with van der Waals surface area (Å²) in [5, 5.41) is 3.21. The molecule has 72 valence electrons. The van der Waals surface area contributed by atoms with E-state index in [1.165, 1.54) is 26.4 Å².